The molecule has 0 fully saturated rings. The molecular formula is C16H21ClN4O4S. The molecule has 0 aromatic carbocycles. The summed E-state index contributed by atoms with van der Waals surface area (Å²) in [6.07, 6.45) is 1.13. The van der Waals surface area contributed by atoms with E-state index in [1.165, 1.54) is 18.2 Å². The Morgan fingerprint density at radius 2 is 2.04 bits per heavy atom. The van der Waals surface area contributed by atoms with Crippen molar-refractivity contribution in [1.82, 2.24) is 15.5 Å². The molecule has 2 aromatic rings. The Bertz CT molecular complexity index is 865. The lowest BCUT2D eigenvalue weighted by molar-refractivity contribution is -0.120. The first kappa shape index (κ1) is 20.2. The number of anilines is 1. The van der Waals surface area contributed by atoms with Crippen molar-refractivity contribution in [3.8, 4) is 0 Å². The molecule has 0 aliphatic carbocycles. The SMILES string of the molecule is Cc1cc(N(CC(=O)NC(C)C(C)C)S(=O)(=O)c2ccc(Cl)nc2)no1. The van der Waals surface area contributed by atoms with Gasteiger partial charge in [-0.15, -0.1) is 0 Å². The van der Waals surface area contributed by atoms with Gasteiger partial charge in [0.25, 0.3) is 10.0 Å². The van der Waals surface area contributed by atoms with E-state index < -0.39 is 22.5 Å². The molecule has 2 aromatic heterocycles. The Kier molecular flexibility index (Phi) is 6.25. The monoisotopic (exact) mass is 400 g/mol. The van der Waals surface area contributed by atoms with Crippen LogP contribution in [0.1, 0.15) is 26.5 Å². The summed E-state index contributed by atoms with van der Waals surface area (Å²) in [5, 5.41) is 6.68. The number of amides is 1. The van der Waals surface area contributed by atoms with E-state index in [2.05, 4.69) is 15.5 Å². The normalized spacial score (nSPS) is 12.8. The molecular weight excluding hydrogens is 380 g/mol. The van der Waals surface area contributed by atoms with E-state index in [9.17, 15) is 13.2 Å². The highest BCUT2D eigenvalue weighted by molar-refractivity contribution is 7.92. The second-order valence-electron chi connectivity index (χ2n) is 6.22. The lowest BCUT2D eigenvalue weighted by Gasteiger charge is -2.23. The molecule has 10 heteroatoms. The minimum absolute atomic E-state index is 0.0183. The van der Waals surface area contributed by atoms with Crippen LogP contribution in [0, 0.1) is 12.8 Å². The first-order valence-electron chi connectivity index (χ1n) is 7.98. The zero-order valence-electron chi connectivity index (χ0n) is 14.9. The molecule has 0 aliphatic heterocycles. The van der Waals surface area contributed by atoms with Crippen molar-refractivity contribution < 1.29 is 17.7 Å². The maximum absolute atomic E-state index is 13.0. The van der Waals surface area contributed by atoms with E-state index in [-0.39, 0.29) is 27.8 Å². The number of carbonyl (C=O) groups is 1. The maximum atomic E-state index is 13.0. The molecule has 0 bridgehead atoms. The van der Waals surface area contributed by atoms with Crippen LogP contribution in [0.3, 0.4) is 0 Å². The Labute approximate surface area is 157 Å². The van der Waals surface area contributed by atoms with Crippen LogP contribution in [0.25, 0.3) is 0 Å². The van der Waals surface area contributed by atoms with Gasteiger partial charge >= 0.3 is 0 Å². The largest absolute Gasteiger partial charge is 0.360 e. The highest BCUT2D eigenvalue weighted by Crippen LogP contribution is 2.23. The van der Waals surface area contributed by atoms with E-state index in [0.29, 0.717) is 5.76 Å². The lowest BCUT2D eigenvalue weighted by atomic mass is 10.1. The van der Waals surface area contributed by atoms with Gasteiger partial charge < -0.3 is 9.84 Å². The molecule has 0 radical (unpaired) electrons. The summed E-state index contributed by atoms with van der Waals surface area (Å²) in [4.78, 5) is 16.1. The van der Waals surface area contributed by atoms with E-state index >= 15 is 0 Å². The van der Waals surface area contributed by atoms with Crippen LogP contribution in [-0.4, -0.2) is 37.1 Å². The number of hydrogen-bond donors (Lipinski definition) is 1. The molecule has 2 heterocycles. The number of rotatable bonds is 7. The van der Waals surface area contributed by atoms with E-state index in [1.807, 2.05) is 20.8 Å². The van der Waals surface area contributed by atoms with Crippen LogP contribution < -0.4 is 9.62 Å². The van der Waals surface area contributed by atoms with Gasteiger partial charge in [0.05, 0.1) is 0 Å². The molecule has 0 saturated heterocycles. The molecule has 1 atom stereocenters. The van der Waals surface area contributed by atoms with Crippen molar-refractivity contribution in [3.63, 3.8) is 0 Å². The zero-order chi connectivity index (χ0) is 19.5. The second kappa shape index (κ2) is 8.05. The molecule has 1 N–H and O–H groups in total. The number of aryl methyl sites for hydroxylation is 1. The van der Waals surface area contributed by atoms with Gasteiger partial charge in [0.2, 0.25) is 5.91 Å². The summed E-state index contributed by atoms with van der Waals surface area (Å²) in [5.41, 5.74) is 0. The van der Waals surface area contributed by atoms with Crippen LogP contribution in [-0.2, 0) is 14.8 Å². The highest BCUT2D eigenvalue weighted by atomic mass is 35.5. The molecule has 1 unspecified atom stereocenters. The number of sulfonamides is 1. The van der Waals surface area contributed by atoms with Crippen molar-refractivity contribution in [2.45, 2.75) is 38.6 Å². The average molecular weight is 401 g/mol. The smallest absolute Gasteiger partial charge is 0.267 e. The summed E-state index contributed by atoms with van der Waals surface area (Å²) in [5.74, 6) is 0.200. The summed E-state index contributed by atoms with van der Waals surface area (Å²) in [7, 11) is -4.08. The first-order valence-corrected chi connectivity index (χ1v) is 9.80. The highest BCUT2D eigenvalue weighted by Gasteiger charge is 2.30. The number of carbonyl (C=O) groups excluding carboxylic acids is 1. The molecule has 0 spiro atoms. The van der Waals surface area contributed by atoms with Gasteiger partial charge in [-0.1, -0.05) is 30.6 Å². The zero-order valence-corrected chi connectivity index (χ0v) is 16.5. The lowest BCUT2D eigenvalue weighted by Crippen LogP contribution is -2.45. The molecule has 0 aliphatic rings. The quantitative estimate of drug-likeness (QED) is 0.715. The third-order valence-corrected chi connectivity index (χ3v) is 5.79. The molecule has 26 heavy (non-hydrogen) atoms. The van der Waals surface area contributed by atoms with Gasteiger partial charge in [0.15, 0.2) is 5.82 Å². The van der Waals surface area contributed by atoms with Gasteiger partial charge in [0, 0.05) is 18.3 Å². The predicted molar refractivity (Wildman–Crippen MR) is 97.5 cm³/mol. The molecule has 1 amide bonds. The fourth-order valence-electron chi connectivity index (χ4n) is 2.00. The van der Waals surface area contributed by atoms with Crippen LogP contribution in [0.15, 0.2) is 33.8 Å². The van der Waals surface area contributed by atoms with Crippen LogP contribution in [0.2, 0.25) is 5.15 Å². The fourth-order valence-corrected chi connectivity index (χ4v) is 3.41. The minimum atomic E-state index is -4.08. The van der Waals surface area contributed by atoms with Gasteiger partial charge in [-0.2, -0.15) is 0 Å². The number of nitrogens with one attached hydrogen (secondary N) is 1. The third kappa shape index (κ3) is 4.73. The van der Waals surface area contributed by atoms with E-state index in [4.69, 9.17) is 16.1 Å². The minimum Gasteiger partial charge on any atom is -0.360 e. The van der Waals surface area contributed by atoms with Gasteiger partial charge in [-0.25, -0.2) is 17.7 Å². The first-order chi connectivity index (χ1) is 12.1. The Hall–Kier alpha value is -2.13. The third-order valence-electron chi connectivity index (χ3n) is 3.84. The molecule has 0 saturated carbocycles. The van der Waals surface area contributed by atoms with Crippen LogP contribution in [0.4, 0.5) is 5.82 Å². The van der Waals surface area contributed by atoms with Crippen molar-refractivity contribution >= 4 is 33.3 Å². The topological polar surface area (TPSA) is 105 Å². The van der Waals surface area contributed by atoms with Gasteiger partial charge in [-0.05, 0) is 31.9 Å². The summed E-state index contributed by atoms with van der Waals surface area (Å²) < 4.78 is 31.8. The Balaban J connectivity index is 2.35. The van der Waals surface area contributed by atoms with Crippen molar-refractivity contribution in [2.24, 2.45) is 5.92 Å². The van der Waals surface area contributed by atoms with E-state index in [0.717, 1.165) is 10.5 Å². The molecule has 2 rings (SSSR count). The number of nitrogens with zero attached hydrogens (tertiary/aromatic N) is 3. The van der Waals surface area contributed by atoms with Crippen molar-refractivity contribution in [3.05, 3.63) is 35.3 Å². The fraction of sp³-hybridized carbons (Fsp3) is 0.438. The summed E-state index contributed by atoms with van der Waals surface area (Å²) >= 11 is 5.72. The summed E-state index contributed by atoms with van der Waals surface area (Å²) in [6.45, 7) is 6.96. The molecule has 142 valence electrons. The number of hydrogen-bond acceptors (Lipinski definition) is 6. The number of pyridine rings is 1. The van der Waals surface area contributed by atoms with E-state index in [1.54, 1.807) is 6.92 Å². The Morgan fingerprint density at radius 1 is 1.35 bits per heavy atom. The predicted octanol–water partition coefficient (Wildman–Crippen LogP) is 2.39. The molecule has 8 nitrogen and oxygen atoms in total. The average Bonchev–Trinajstić information content (AvgIpc) is 2.98. The van der Waals surface area contributed by atoms with Crippen molar-refractivity contribution in [2.75, 3.05) is 10.8 Å². The van der Waals surface area contributed by atoms with Gasteiger partial charge in [-0.3, -0.25) is 4.79 Å². The Morgan fingerprint density at radius 3 is 2.54 bits per heavy atom. The summed E-state index contributed by atoms with van der Waals surface area (Å²) in [6, 6.07) is 4.02. The van der Waals surface area contributed by atoms with Crippen LogP contribution in [0.5, 0.6) is 0 Å². The number of aromatic nitrogens is 2. The number of halogens is 1. The van der Waals surface area contributed by atoms with Crippen molar-refractivity contribution in [1.29, 1.82) is 0 Å². The standard InChI is InChI=1S/C16H21ClN4O4S/c1-10(2)12(4)19-16(22)9-21(15-7-11(3)25-20-15)26(23,24)13-5-6-14(17)18-8-13/h5-8,10,12H,9H2,1-4H3,(H,19,22). The second-order valence-corrected chi connectivity index (χ2v) is 8.47. The van der Waals surface area contributed by atoms with Gasteiger partial charge in [0.1, 0.15) is 22.4 Å². The van der Waals surface area contributed by atoms with Crippen LogP contribution >= 0.6 is 11.6 Å². The maximum Gasteiger partial charge on any atom is 0.267 e.